The Labute approximate surface area is 100 Å². The molecule has 0 saturated heterocycles. The zero-order chi connectivity index (χ0) is 12.3. The molecule has 0 aliphatic carbocycles. The summed E-state index contributed by atoms with van der Waals surface area (Å²) in [4.78, 5) is 13.4. The standard InChI is InChI=1S/C13H16N2O2/c1-15(2,9-11-6-4-3-5-7-11)10-12-8-14-13(16)17-12/h3-8H,9-10H2,1-2H3/p+1. The van der Waals surface area contributed by atoms with Crippen LogP contribution in [0.25, 0.3) is 0 Å². The quantitative estimate of drug-likeness (QED) is 0.818. The van der Waals surface area contributed by atoms with Gasteiger partial charge in [-0.3, -0.25) is 4.98 Å². The van der Waals surface area contributed by atoms with Crippen molar-refractivity contribution < 1.29 is 8.90 Å². The number of quaternary nitrogens is 1. The third-order valence-corrected chi connectivity index (χ3v) is 2.61. The summed E-state index contributed by atoms with van der Waals surface area (Å²) >= 11 is 0. The van der Waals surface area contributed by atoms with Crippen LogP contribution in [0.15, 0.2) is 45.7 Å². The van der Waals surface area contributed by atoms with E-state index >= 15 is 0 Å². The van der Waals surface area contributed by atoms with Gasteiger partial charge in [0.1, 0.15) is 13.1 Å². The highest BCUT2D eigenvalue weighted by Gasteiger charge is 2.18. The molecule has 4 nitrogen and oxygen atoms in total. The lowest BCUT2D eigenvalue weighted by Crippen LogP contribution is -2.37. The van der Waals surface area contributed by atoms with Gasteiger partial charge in [0.2, 0.25) is 0 Å². The van der Waals surface area contributed by atoms with Gasteiger partial charge in [-0.1, -0.05) is 30.3 Å². The summed E-state index contributed by atoms with van der Waals surface area (Å²) in [5.74, 6) is 0.302. The average Bonchev–Trinajstić information content (AvgIpc) is 2.63. The summed E-state index contributed by atoms with van der Waals surface area (Å²) in [6, 6.07) is 10.3. The third kappa shape index (κ3) is 3.32. The normalized spacial score (nSPS) is 11.6. The van der Waals surface area contributed by atoms with E-state index in [0.717, 1.165) is 11.0 Å². The molecule has 0 unspecified atom stereocenters. The predicted molar refractivity (Wildman–Crippen MR) is 65.3 cm³/mol. The van der Waals surface area contributed by atoms with Crippen molar-refractivity contribution in [3.63, 3.8) is 0 Å². The monoisotopic (exact) mass is 233 g/mol. The molecule has 1 heterocycles. The average molecular weight is 233 g/mol. The number of hydrogen-bond donors (Lipinski definition) is 1. The minimum atomic E-state index is -0.389. The lowest BCUT2D eigenvalue weighted by atomic mass is 10.2. The SMILES string of the molecule is C[N+](C)(Cc1ccccc1)Cc1c[nH]c(=O)o1. The minimum Gasteiger partial charge on any atom is -0.407 e. The molecule has 0 aliphatic heterocycles. The molecule has 0 radical (unpaired) electrons. The first-order valence-corrected chi connectivity index (χ1v) is 5.58. The molecular formula is C13H17N2O2+. The Morgan fingerprint density at radius 1 is 1.18 bits per heavy atom. The number of nitrogens with zero attached hydrogens (tertiary/aromatic N) is 1. The third-order valence-electron chi connectivity index (χ3n) is 2.61. The van der Waals surface area contributed by atoms with E-state index in [9.17, 15) is 4.79 Å². The second-order valence-corrected chi connectivity index (χ2v) is 4.88. The van der Waals surface area contributed by atoms with Gasteiger partial charge in [0, 0.05) is 5.56 Å². The molecule has 4 heteroatoms. The van der Waals surface area contributed by atoms with Crippen LogP contribution >= 0.6 is 0 Å². The van der Waals surface area contributed by atoms with Crippen LogP contribution in [0.2, 0.25) is 0 Å². The number of oxazole rings is 1. The Hall–Kier alpha value is -1.81. The number of benzene rings is 1. The number of aromatic nitrogens is 1. The van der Waals surface area contributed by atoms with Gasteiger partial charge in [-0.2, -0.15) is 0 Å². The van der Waals surface area contributed by atoms with Crippen molar-refractivity contribution in [2.45, 2.75) is 13.1 Å². The van der Waals surface area contributed by atoms with E-state index in [-0.39, 0.29) is 5.76 Å². The second kappa shape index (κ2) is 4.59. The Morgan fingerprint density at radius 2 is 1.88 bits per heavy atom. The lowest BCUT2D eigenvalue weighted by molar-refractivity contribution is -0.917. The fourth-order valence-electron chi connectivity index (χ4n) is 1.95. The van der Waals surface area contributed by atoms with Crippen molar-refractivity contribution in [2.75, 3.05) is 14.1 Å². The molecule has 0 spiro atoms. The van der Waals surface area contributed by atoms with E-state index in [1.807, 2.05) is 18.2 Å². The van der Waals surface area contributed by atoms with Gasteiger partial charge >= 0.3 is 5.76 Å². The topological polar surface area (TPSA) is 46.0 Å². The molecular weight excluding hydrogens is 216 g/mol. The summed E-state index contributed by atoms with van der Waals surface area (Å²) in [5, 5.41) is 0. The fraction of sp³-hybridized carbons (Fsp3) is 0.308. The van der Waals surface area contributed by atoms with Gasteiger partial charge in [0.15, 0.2) is 5.76 Å². The van der Waals surface area contributed by atoms with Crippen molar-refractivity contribution in [1.82, 2.24) is 4.98 Å². The zero-order valence-corrected chi connectivity index (χ0v) is 10.1. The molecule has 0 fully saturated rings. The van der Waals surface area contributed by atoms with Crippen molar-refractivity contribution in [3.05, 3.63) is 58.4 Å². The first-order valence-electron chi connectivity index (χ1n) is 5.58. The lowest BCUT2D eigenvalue weighted by Gasteiger charge is -2.28. The van der Waals surface area contributed by atoms with Gasteiger partial charge in [0.05, 0.1) is 20.3 Å². The largest absolute Gasteiger partial charge is 0.416 e. The van der Waals surface area contributed by atoms with Crippen molar-refractivity contribution in [1.29, 1.82) is 0 Å². The summed E-state index contributed by atoms with van der Waals surface area (Å²) in [6.07, 6.45) is 1.63. The molecule has 1 aromatic carbocycles. The Balaban J connectivity index is 2.06. The number of H-pyrrole nitrogens is 1. The summed E-state index contributed by atoms with van der Waals surface area (Å²) in [6.45, 7) is 1.59. The maximum atomic E-state index is 10.9. The molecule has 1 aromatic heterocycles. The van der Waals surface area contributed by atoms with Gasteiger partial charge in [-0.05, 0) is 0 Å². The number of aromatic amines is 1. The Morgan fingerprint density at radius 3 is 2.47 bits per heavy atom. The van der Waals surface area contributed by atoms with Crippen LogP contribution in [0.4, 0.5) is 0 Å². The Kier molecular flexibility index (Phi) is 3.15. The van der Waals surface area contributed by atoms with E-state index in [4.69, 9.17) is 4.42 Å². The van der Waals surface area contributed by atoms with Crippen LogP contribution in [0.5, 0.6) is 0 Å². The molecule has 17 heavy (non-hydrogen) atoms. The van der Waals surface area contributed by atoms with Gasteiger partial charge in [-0.15, -0.1) is 0 Å². The maximum Gasteiger partial charge on any atom is 0.416 e. The molecule has 0 amide bonds. The first kappa shape index (κ1) is 11.7. The number of rotatable bonds is 4. The Bertz CT molecular complexity index is 526. The molecule has 2 rings (SSSR count). The maximum absolute atomic E-state index is 10.9. The second-order valence-electron chi connectivity index (χ2n) is 4.88. The molecule has 0 bridgehead atoms. The van der Waals surface area contributed by atoms with Crippen LogP contribution in [-0.2, 0) is 13.1 Å². The van der Waals surface area contributed by atoms with Crippen LogP contribution in [-0.4, -0.2) is 23.6 Å². The van der Waals surface area contributed by atoms with Crippen LogP contribution < -0.4 is 5.76 Å². The van der Waals surface area contributed by atoms with Crippen LogP contribution in [0.1, 0.15) is 11.3 Å². The summed E-state index contributed by atoms with van der Waals surface area (Å²) in [5.41, 5.74) is 1.27. The van der Waals surface area contributed by atoms with E-state index in [0.29, 0.717) is 12.3 Å². The highest BCUT2D eigenvalue weighted by Crippen LogP contribution is 2.13. The summed E-state index contributed by atoms with van der Waals surface area (Å²) in [7, 11) is 4.22. The number of hydrogen-bond acceptors (Lipinski definition) is 2. The highest BCUT2D eigenvalue weighted by atomic mass is 16.4. The fourth-order valence-corrected chi connectivity index (χ4v) is 1.95. The van der Waals surface area contributed by atoms with Crippen LogP contribution in [0.3, 0.4) is 0 Å². The van der Waals surface area contributed by atoms with Gasteiger partial charge in [0.25, 0.3) is 0 Å². The number of nitrogens with one attached hydrogen (secondary N) is 1. The first-order chi connectivity index (χ1) is 8.05. The van der Waals surface area contributed by atoms with E-state index in [1.54, 1.807) is 6.20 Å². The minimum absolute atomic E-state index is 0.389. The van der Waals surface area contributed by atoms with Crippen molar-refractivity contribution in [3.8, 4) is 0 Å². The molecule has 0 aliphatic rings. The summed E-state index contributed by atoms with van der Waals surface area (Å²) < 4.78 is 5.77. The van der Waals surface area contributed by atoms with E-state index < -0.39 is 0 Å². The zero-order valence-electron chi connectivity index (χ0n) is 10.1. The molecule has 2 aromatic rings. The smallest absolute Gasteiger partial charge is 0.407 e. The predicted octanol–water partition coefficient (Wildman–Crippen LogP) is 1.74. The van der Waals surface area contributed by atoms with Crippen LogP contribution in [0, 0.1) is 0 Å². The molecule has 90 valence electrons. The van der Waals surface area contributed by atoms with Gasteiger partial charge in [-0.25, -0.2) is 4.79 Å². The molecule has 1 N–H and O–H groups in total. The highest BCUT2D eigenvalue weighted by molar-refractivity contribution is 5.13. The molecule has 0 saturated carbocycles. The van der Waals surface area contributed by atoms with Gasteiger partial charge < -0.3 is 8.90 Å². The van der Waals surface area contributed by atoms with Crippen molar-refractivity contribution >= 4 is 0 Å². The van der Waals surface area contributed by atoms with E-state index in [2.05, 4.69) is 31.2 Å². The molecule has 0 atom stereocenters. The van der Waals surface area contributed by atoms with E-state index in [1.165, 1.54) is 5.56 Å². The van der Waals surface area contributed by atoms with Crippen molar-refractivity contribution in [2.24, 2.45) is 0 Å².